The third kappa shape index (κ3) is 3.99. The molecule has 0 aromatic heterocycles. The van der Waals surface area contributed by atoms with E-state index in [4.69, 9.17) is 5.73 Å². The fourth-order valence-electron chi connectivity index (χ4n) is 1.72. The lowest BCUT2D eigenvalue weighted by atomic mass is 9.95. The first kappa shape index (κ1) is 15.0. The lowest BCUT2D eigenvalue weighted by molar-refractivity contribution is -0.123. The quantitative estimate of drug-likeness (QED) is 0.779. The van der Waals surface area contributed by atoms with E-state index >= 15 is 0 Å². The molecular weight excluding hydrogens is 251 g/mol. The van der Waals surface area contributed by atoms with Gasteiger partial charge in [0.05, 0.1) is 5.54 Å². The number of benzene rings is 1. The molecule has 0 saturated heterocycles. The van der Waals surface area contributed by atoms with Gasteiger partial charge in [-0.15, -0.1) is 11.8 Å². The third-order valence-corrected chi connectivity index (χ3v) is 4.02. The molecule has 1 aromatic rings. The molecule has 1 rings (SSSR count). The van der Waals surface area contributed by atoms with Gasteiger partial charge in [-0.1, -0.05) is 13.0 Å². The Morgan fingerprint density at radius 1 is 1.61 bits per heavy atom. The molecule has 0 aliphatic carbocycles. The normalized spacial score (nSPS) is 16.0. The average Bonchev–Trinajstić information content (AvgIpc) is 2.28. The first-order chi connectivity index (χ1) is 8.37. The molecule has 0 aliphatic rings. The van der Waals surface area contributed by atoms with Crippen molar-refractivity contribution in [3.05, 3.63) is 30.1 Å². The molecule has 0 radical (unpaired) electrons. The number of halogens is 1. The minimum Gasteiger partial charge on any atom is -0.368 e. The maximum atomic E-state index is 13.1. The fourth-order valence-corrected chi connectivity index (χ4v) is 2.93. The lowest BCUT2D eigenvalue weighted by Gasteiger charge is -2.28. The molecule has 0 spiro atoms. The van der Waals surface area contributed by atoms with E-state index in [0.717, 1.165) is 4.90 Å². The Morgan fingerprint density at radius 3 is 2.78 bits per heavy atom. The van der Waals surface area contributed by atoms with E-state index in [2.05, 4.69) is 5.32 Å². The number of primary amides is 1. The smallest absolute Gasteiger partial charge is 0.237 e. The number of nitrogens with two attached hydrogens (primary N) is 1. The van der Waals surface area contributed by atoms with Crippen LogP contribution in [-0.4, -0.2) is 23.7 Å². The number of likely N-dealkylation sites (N-methyl/N-ethyl adjacent to an activating group) is 1. The Labute approximate surface area is 111 Å². The Kier molecular flexibility index (Phi) is 5.16. The number of nitrogens with one attached hydrogen (secondary N) is 1. The minimum atomic E-state index is -0.736. The number of amides is 1. The molecule has 100 valence electrons. The highest BCUT2D eigenvalue weighted by atomic mass is 32.2. The van der Waals surface area contributed by atoms with Gasteiger partial charge < -0.3 is 11.1 Å². The summed E-state index contributed by atoms with van der Waals surface area (Å²) in [6.07, 6.45) is 0.583. The summed E-state index contributed by atoms with van der Waals surface area (Å²) in [6.45, 7) is 3.77. The summed E-state index contributed by atoms with van der Waals surface area (Å²) in [5.41, 5.74) is 4.64. The van der Waals surface area contributed by atoms with Crippen LogP contribution in [0.3, 0.4) is 0 Å². The SMILES string of the molecule is CNC(C)(CC(C)Sc1cccc(F)c1)C(N)=O. The predicted octanol–water partition coefficient (Wildman–Crippen LogP) is 2.16. The van der Waals surface area contributed by atoms with Crippen molar-refractivity contribution in [2.75, 3.05) is 7.05 Å². The molecule has 0 fully saturated rings. The van der Waals surface area contributed by atoms with E-state index in [9.17, 15) is 9.18 Å². The van der Waals surface area contributed by atoms with Crippen molar-refractivity contribution in [2.45, 2.75) is 36.0 Å². The molecule has 3 N–H and O–H groups in total. The van der Waals surface area contributed by atoms with Crippen molar-refractivity contribution in [3.63, 3.8) is 0 Å². The third-order valence-electron chi connectivity index (χ3n) is 2.92. The molecule has 3 nitrogen and oxygen atoms in total. The van der Waals surface area contributed by atoms with Gasteiger partial charge in [0.25, 0.3) is 0 Å². The van der Waals surface area contributed by atoms with E-state index in [0.29, 0.717) is 6.42 Å². The van der Waals surface area contributed by atoms with Gasteiger partial charge in [-0.25, -0.2) is 4.39 Å². The summed E-state index contributed by atoms with van der Waals surface area (Å²) < 4.78 is 13.1. The largest absolute Gasteiger partial charge is 0.368 e. The zero-order chi connectivity index (χ0) is 13.8. The fraction of sp³-hybridized carbons (Fsp3) is 0.462. The summed E-state index contributed by atoms with van der Waals surface area (Å²) in [6, 6.07) is 6.43. The van der Waals surface area contributed by atoms with Crippen molar-refractivity contribution >= 4 is 17.7 Å². The molecule has 0 aliphatic heterocycles. The highest BCUT2D eigenvalue weighted by Gasteiger charge is 2.31. The van der Waals surface area contributed by atoms with Gasteiger partial charge >= 0.3 is 0 Å². The van der Waals surface area contributed by atoms with Gasteiger partial charge in [-0.3, -0.25) is 4.79 Å². The highest BCUT2D eigenvalue weighted by molar-refractivity contribution is 7.99. The van der Waals surface area contributed by atoms with Crippen LogP contribution in [0.5, 0.6) is 0 Å². The zero-order valence-electron chi connectivity index (χ0n) is 10.9. The predicted molar refractivity (Wildman–Crippen MR) is 73.0 cm³/mol. The molecule has 2 atom stereocenters. The van der Waals surface area contributed by atoms with Crippen LogP contribution >= 0.6 is 11.8 Å². The summed E-state index contributed by atoms with van der Waals surface area (Å²) in [7, 11) is 1.71. The van der Waals surface area contributed by atoms with Gasteiger partial charge in [-0.2, -0.15) is 0 Å². The second-order valence-electron chi connectivity index (χ2n) is 4.54. The van der Waals surface area contributed by atoms with Crippen molar-refractivity contribution in [1.29, 1.82) is 0 Å². The van der Waals surface area contributed by atoms with Crippen molar-refractivity contribution in [3.8, 4) is 0 Å². The number of rotatable bonds is 6. The maximum Gasteiger partial charge on any atom is 0.237 e. The van der Waals surface area contributed by atoms with Crippen LogP contribution in [0.15, 0.2) is 29.2 Å². The minimum absolute atomic E-state index is 0.150. The number of carbonyl (C=O) groups excluding carboxylic acids is 1. The van der Waals surface area contributed by atoms with Crippen LogP contribution in [0, 0.1) is 5.82 Å². The molecule has 1 amide bonds. The lowest BCUT2D eigenvalue weighted by Crippen LogP contribution is -2.52. The summed E-state index contributed by atoms with van der Waals surface area (Å²) in [5, 5.41) is 3.09. The molecular formula is C13H19FN2OS. The topological polar surface area (TPSA) is 55.1 Å². The molecule has 1 aromatic carbocycles. The van der Waals surface area contributed by atoms with E-state index in [1.54, 1.807) is 20.0 Å². The van der Waals surface area contributed by atoms with E-state index in [1.165, 1.54) is 23.9 Å². The van der Waals surface area contributed by atoms with Crippen LogP contribution in [0.2, 0.25) is 0 Å². The van der Waals surface area contributed by atoms with E-state index < -0.39 is 5.54 Å². The van der Waals surface area contributed by atoms with Crippen molar-refractivity contribution < 1.29 is 9.18 Å². The number of hydrogen-bond donors (Lipinski definition) is 2. The molecule has 0 heterocycles. The van der Waals surface area contributed by atoms with Crippen molar-refractivity contribution in [2.24, 2.45) is 5.73 Å². The summed E-state index contributed by atoms with van der Waals surface area (Å²) in [5.74, 6) is -0.629. The van der Waals surface area contributed by atoms with Gasteiger partial charge in [0.2, 0.25) is 5.91 Å². The van der Waals surface area contributed by atoms with Crippen molar-refractivity contribution in [1.82, 2.24) is 5.32 Å². The average molecular weight is 270 g/mol. The van der Waals surface area contributed by atoms with Crippen LogP contribution in [0.25, 0.3) is 0 Å². The number of thioether (sulfide) groups is 1. The summed E-state index contributed by atoms with van der Waals surface area (Å²) in [4.78, 5) is 12.2. The first-order valence-electron chi connectivity index (χ1n) is 5.78. The van der Waals surface area contributed by atoms with Gasteiger partial charge in [0, 0.05) is 10.1 Å². The monoisotopic (exact) mass is 270 g/mol. The molecule has 0 bridgehead atoms. The van der Waals surface area contributed by atoms with Gasteiger partial charge in [0.1, 0.15) is 5.82 Å². The Bertz CT molecular complexity index is 427. The van der Waals surface area contributed by atoms with Gasteiger partial charge in [-0.05, 0) is 38.6 Å². The molecule has 18 heavy (non-hydrogen) atoms. The zero-order valence-corrected chi connectivity index (χ0v) is 11.7. The maximum absolute atomic E-state index is 13.1. The van der Waals surface area contributed by atoms with Gasteiger partial charge in [0.15, 0.2) is 0 Å². The molecule has 5 heteroatoms. The summed E-state index contributed by atoms with van der Waals surface area (Å²) >= 11 is 1.53. The Hall–Kier alpha value is -1.07. The second kappa shape index (κ2) is 6.20. The standard InChI is InChI=1S/C13H19FN2OS/c1-9(8-13(2,16-3)12(15)17)18-11-6-4-5-10(14)7-11/h4-7,9,16H,8H2,1-3H3,(H2,15,17). The molecule has 2 unspecified atom stereocenters. The highest BCUT2D eigenvalue weighted by Crippen LogP contribution is 2.28. The number of carbonyl (C=O) groups is 1. The van der Waals surface area contributed by atoms with Crippen LogP contribution in [0.4, 0.5) is 4.39 Å². The van der Waals surface area contributed by atoms with E-state index in [-0.39, 0.29) is 17.0 Å². The number of hydrogen-bond acceptors (Lipinski definition) is 3. The molecule has 0 saturated carbocycles. The first-order valence-corrected chi connectivity index (χ1v) is 6.66. The van der Waals surface area contributed by atoms with Crippen LogP contribution in [-0.2, 0) is 4.79 Å². The Balaban J connectivity index is 2.66. The van der Waals surface area contributed by atoms with E-state index in [1.807, 2.05) is 13.0 Å². The Morgan fingerprint density at radius 2 is 2.28 bits per heavy atom. The van der Waals surface area contributed by atoms with Crippen LogP contribution < -0.4 is 11.1 Å². The van der Waals surface area contributed by atoms with Crippen LogP contribution in [0.1, 0.15) is 20.3 Å². The second-order valence-corrected chi connectivity index (χ2v) is 6.05.